The van der Waals surface area contributed by atoms with E-state index < -0.39 is 0 Å². The number of carbonyl (C=O) groups is 1. The molecular weight excluding hydrogens is 318 g/mol. The minimum absolute atomic E-state index is 0.0872. The van der Waals surface area contributed by atoms with Gasteiger partial charge in [-0.15, -0.1) is 0 Å². The lowest BCUT2D eigenvalue weighted by Gasteiger charge is -2.24. The van der Waals surface area contributed by atoms with Crippen LogP contribution in [0, 0.1) is 5.92 Å². The highest BCUT2D eigenvalue weighted by atomic mass is 79.9. The Morgan fingerprint density at radius 2 is 2.00 bits per heavy atom. The Bertz CT molecular complexity index is 656. The molecule has 20 heavy (non-hydrogen) atoms. The number of ether oxygens (including phenoxy) is 1. The summed E-state index contributed by atoms with van der Waals surface area (Å²) in [6, 6.07) is 9.87. The van der Waals surface area contributed by atoms with Gasteiger partial charge < -0.3 is 4.74 Å². The highest BCUT2D eigenvalue weighted by Gasteiger charge is 2.30. The van der Waals surface area contributed by atoms with Crippen molar-refractivity contribution in [2.24, 2.45) is 10.9 Å². The summed E-state index contributed by atoms with van der Waals surface area (Å²) in [6.07, 6.45) is 7.63. The van der Waals surface area contributed by atoms with E-state index in [1.807, 2.05) is 54.6 Å². The second-order valence-electron chi connectivity index (χ2n) is 4.52. The van der Waals surface area contributed by atoms with Crippen LogP contribution in [0.2, 0.25) is 0 Å². The summed E-state index contributed by atoms with van der Waals surface area (Å²) >= 11 is 3.30. The Kier molecular flexibility index (Phi) is 3.65. The predicted molar refractivity (Wildman–Crippen MR) is 81.4 cm³/mol. The van der Waals surface area contributed by atoms with Crippen LogP contribution in [0.4, 0.5) is 0 Å². The van der Waals surface area contributed by atoms with Gasteiger partial charge in [-0.1, -0.05) is 48.6 Å². The first-order valence-corrected chi connectivity index (χ1v) is 7.09. The quantitative estimate of drug-likeness (QED) is 0.850. The van der Waals surface area contributed by atoms with E-state index in [4.69, 9.17) is 4.74 Å². The van der Waals surface area contributed by atoms with E-state index in [2.05, 4.69) is 20.9 Å². The van der Waals surface area contributed by atoms with Gasteiger partial charge in [-0.25, -0.2) is 4.99 Å². The van der Waals surface area contributed by atoms with E-state index >= 15 is 0 Å². The molecule has 4 heteroatoms. The van der Waals surface area contributed by atoms with Crippen LogP contribution in [0.3, 0.4) is 0 Å². The van der Waals surface area contributed by atoms with Crippen LogP contribution >= 0.6 is 15.9 Å². The molecule has 3 nitrogen and oxygen atoms in total. The van der Waals surface area contributed by atoms with Crippen molar-refractivity contribution in [1.29, 1.82) is 0 Å². The molecule has 1 aromatic carbocycles. The minimum atomic E-state index is -0.292. The lowest BCUT2D eigenvalue weighted by Crippen LogP contribution is -2.24. The standard InChI is InChI=1S/C16H12BrNO2/c17-14-15(20-10-11-6-2-1-3-7-11)12-8-4-5-9-13(12)18-16(14)19/h1-9,12H,10H2. The minimum Gasteiger partial charge on any atom is -0.491 e. The molecule has 1 aromatic rings. The third-order valence-corrected chi connectivity index (χ3v) is 3.88. The fraction of sp³-hybridized carbons (Fsp3) is 0.125. The number of dihydropyridines is 1. The first-order chi connectivity index (χ1) is 9.75. The van der Waals surface area contributed by atoms with Crippen LogP contribution in [0.15, 0.2) is 69.9 Å². The van der Waals surface area contributed by atoms with E-state index in [1.165, 1.54) is 0 Å². The Labute approximate surface area is 125 Å². The number of hydrogen-bond donors (Lipinski definition) is 0. The molecule has 0 bridgehead atoms. The van der Waals surface area contributed by atoms with Crippen molar-refractivity contribution in [2.75, 3.05) is 0 Å². The molecule has 0 saturated carbocycles. The number of aliphatic imine (C=N–C) groups is 1. The SMILES string of the molecule is O=C1N=C2C=CC=CC2C(OCc2ccccc2)=C1Br. The van der Waals surface area contributed by atoms with Crippen LogP contribution in [-0.2, 0) is 16.1 Å². The van der Waals surface area contributed by atoms with E-state index in [9.17, 15) is 4.79 Å². The molecule has 1 amide bonds. The van der Waals surface area contributed by atoms with Crippen molar-refractivity contribution in [3.8, 4) is 0 Å². The van der Waals surface area contributed by atoms with Gasteiger partial charge in [0.25, 0.3) is 5.91 Å². The number of amides is 1. The number of fused-ring (bicyclic) bond motifs is 1. The number of rotatable bonds is 3. The average molecular weight is 330 g/mol. The fourth-order valence-corrected chi connectivity index (χ4v) is 2.61. The maximum absolute atomic E-state index is 11.8. The monoisotopic (exact) mass is 329 g/mol. The third-order valence-electron chi connectivity index (χ3n) is 3.15. The van der Waals surface area contributed by atoms with Gasteiger partial charge in [-0.3, -0.25) is 4.79 Å². The van der Waals surface area contributed by atoms with Crippen molar-refractivity contribution >= 4 is 27.5 Å². The molecule has 0 spiro atoms. The fourth-order valence-electron chi connectivity index (χ4n) is 2.16. The first kappa shape index (κ1) is 13.1. The summed E-state index contributed by atoms with van der Waals surface area (Å²) in [4.78, 5) is 15.9. The Hall–Kier alpha value is -1.94. The molecule has 1 atom stereocenters. The molecule has 100 valence electrons. The maximum Gasteiger partial charge on any atom is 0.287 e. The lowest BCUT2D eigenvalue weighted by atomic mass is 9.94. The maximum atomic E-state index is 11.8. The summed E-state index contributed by atoms with van der Waals surface area (Å²) in [5, 5.41) is 0. The van der Waals surface area contributed by atoms with Gasteiger partial charge in [0.2, 0.25) is 0 Å². The van der Waals surface area contributed by atoms with Crippen molar-refractivity contribution in [2.45, 2.75) is 6.61 Å². The zero-order valence-corrected chi connectivity index (χ0v) is 12.2. The molecule has 2 aliphatic rings. The molecule has 0 aromatic heterocycles. The Morgan fingerprint density at radius 1 is 1.20 bits per heavy atom. The number of carbonyl (C=O) groups excluding carboxylic acids is 1. The smallest absolute Gasteiger partial charge is 0.287 e. The Morgan fingerprint density at radius 3 is 2.80 bits per heavy atom. The first-order valence-electron chi connectivity index (χ1n) is 6.30. The van der Waals surface area contributed by atoms with Gasteiger partial charge in [0.05, 0.1) is 11.6 Å². The normalized spacial score (nSPS) is 20.8. The molecule has 1 aliphatic heterocycles. The van der Waals surface area contributed by atoms with E-state index in [0.29, 0.717) is 16.8 Å². The second kappa shape index (κ2) is 5.59. The van der Waals surface area contributed by atoms with Gasteiger partial charge in [0, 0.05) is 0 Å². The molecular formula is C16H12BrNO2. The van der Waals surface area contributed by atoms with Gasteiger partial charge in [-0.05, 0) is 27.6 Å². The topological polar surface area (TPSA) is 38.7 Å². The van der Waals surface area contributed by atoms with Gasteiger partial charge in [0.15, 0.2) is 0 Å². The molecule has 0 N–H and O–H groups in total. The third kappa shape index (κ3) is 2.51. The average Bonchev–Trinajstić information content (AvgIpc) is 2.49. The van der Waals surface area contributed by atoms with Crippen LogP contribution in [-0.4, -0.2) is 11.6 Å². The highest BCUT2D eigenvalue weighted by Crippen LogP contribution is 2.31. The number of benzene rings is 1. The molecule has 0 radical (unpaired) electrons. The summed E-state index contributed by atoms with van der Waals surface area (Å²) < 4.78 is 6.27. The molecule has 1 unspecified atom stereocenters. The Balaban J connectivity index is 1.83. The summed E-state index contributed by atoms with van der Waals surface area (Å²) in [5.41, 5.74) is 1.79. The van der Waals surface area contributed by atoms with Gasteiger partial charge in [-0.2, -0.15) is 0 Å². The summed E-state index contributed by atoms with van der Waals surface area (Å²) in [6.45, 7) is 0.430. The van der Waals surface area contributed by atoms with Crippen LogP contribution in [0.25, 0.3) is 0 Å². The van der Waals surface area contributed by atoms with Crippen molar-refractivity contribution < 1.29 is 9.53 Å². The van der Waals surface area contributed by atoms with Gasteiger partial charge >= 0.3 is 0 Å². The molecule has 1 aliphatic carbocycles. The molecule has 0 fully saturated rings. The molecule has 0 saturated heterocycles. The van der Waals surface area contributed by atoms with Crippen LogP contribution in [0.5, 0.6) is 0 Å². The van der Waals surface area contributed by atoms with E-state index in [1.54, 1.807) is 0 Å². The number of allylic oxidation sites excluding steroid dienone is 4. The van der Waals surface area contributed by atoms with E-state index in [0.717, 1.165) is 11.3 Å². The largest absolute Gasteiger partial charge is 0.491 e. The zero-order chi connectivity index (χ0) is 13.9. The van der Waals surface area contributed by atoms with Crippen molar-refractivity contribution in [3.63, 3.8) is 0 Å². The predicted octanol–water partition coefficient (Wildman–Crippen LogP) is 3.53. The van der Waals surface area contributed by atoms with Crippen LogP contribution < -0.4 is 0 Å². The molecule has 3 rings (SSSR count). The zero-order valence-electron chi connectivity index (χ0n) is 10.6. The van der Waals surface area contributed by atoms with E-state index in [-0.39, 0.29) is 11.8 Å². The van der Waals surface area contributed by atoms with Crippen LogP contribution in [0.1, 0.15) is 5.56 Å². The van der Waals surface area contributed by atoms with Gasteiger partial charge in [0.1, 0.15) is 16.8 Å². The molecule has 1 heterocycles. The van der Waals surface area contributed by atoms with Crippen molar-refractivity contribution in [1.82, 2.24) is 0 Å². The summed E-state index contributed by atoms with van der Waals surface area (Å²) in [5.74, 6) is 0.250. The summed E-state index contributed by atoms with van der Waals surface area (Å²) in [7, 11) is 0. The number of nitrogens with zero attached hydrogens (tertiary/aromatic N) is 1. The second-order valence-corrected chi connectivity index (χ2v) is 5.31. The number of halogens is 1. The van der Waals surface area contributed by atoms with Crippen molar-refractivity contribution in [3.05, 3.63) is 70.4 Å². The lowest BCUT2D eigenvalue weighted by molar-refractivity contribution is -0.114. The highest BCUT2D eigenvalue weighted by molar-refractivity contribution is 9.12. The number of hydrogen-bond acceptors (Lipinski definition) is 2.